The number of carbonyl (C=O) groups excluding carboxylic acids is 1. The number of allylic oxidation sites excluding steroid dienone is 1. The summed E-state index contributed by atoms with van der Waals surface area (Å²) in [5, 5.41) is 12.0. The predicted octanol–water partition coefficient (Wildman–Crippen LogP) is 3.34. The molecule has 1 aliphatic heterocycles. The van der Waals surface area contributed by atoms with Crippen LogP contribution in [0.15, 0.2) is 55.2 Å². The number of hydrogen-bond acceptors (Lipinski definition) is 8. The number of hydrogen-bond donors (Lipinski definition) is 1. The van der Waals surface area contributed by atoms with Gasteiger partial charge in [-0.25, -0.2) is 9.79 Å². The van der Waals surface area contributed by atoms with Crippen molar-refractivity contribution in [1.29, 1.82) is 0 Å². The molecule has 10 heteroatoms. The fourth-order valence-corrected chi connectivity index (χ4v) is 5.82. The van der Waals surface area contributed by atoms with Gasteiger partial charge in [0, 0.05) is 4.88 Å². The lowest BCUT2D eigenvalue weighted by molar-refractivity contribution is -0.139. The van der Waals surface area contributed by atoms with Gasteiger partial charge in [0.15, 0.2) is 16.3 Å². The molecule has 32 heavy (non-hydrogen) atoms. The molecule has 0 saturated carbocycles. The number of thiazole rings is 1. The Morgan fingerprint density at radius 1 is 1.41 bits per heavy atom. The van der Waals surface area contributed by atoms with E-state index in [2.05, 4.69) is 20.9 Å². The first-order valence-electron chi connectivity index (χ1n) is 9.65. The number of aromatic nitrogens is 1. The second-order valence-corrected chi connectivity index (χ2v) is 9.71. The zero-order valence-electron chi connectivity index (χ0n) is 17.4. The van der Waals surface area contributed by atoms with E-state index in [0.29, 0.717) is 30.6 Å². The lowest BCUT2D eigenvalue weighted by Crippen LogP contribution is -2.39. The summed E-state index contributed by atoms with van der Waals surface area (Å²) >= 11 is 6.01. The van der Waals surface area contributed by atoms with Crippen LogP contribution >= 0.6 is 38.6 Å². The van der Waals surface area contributed by atoms with Gasteiger partial charge >= 0.3 is 5.97 Å². The van der Waals surface area contributed by atoms with Gasteiger partial charge in [0.2, 0.25) is 0 Å². The number of phenolic OH excluding ortho intramolecular Hbond substituents is 1. The number of ether oxygens (including phenoxy) is 2. The van der Waals surface area contributed by atoms with E-state index in [1.807, 2.05) is 17.5 Å². The molecule has 0 fully saturated rings. The van der Waals surface area contributed by atoms with Crippen LogP contribution in [0.25, 0.3) is 6.08 Å². The molecule has 0 radical (unpaired) electrons. The topological polar surface area (TPSA) is 90.1 Å². The number of carbonyl (C=O) groups is 1. The molecule has 1 aliphatic rings. The minimum absolute atomic E-state index is 0.0153. The van der Waals surface area contributed by atoms with Crippen molar-refractivity contribution in [2.24, 2.45) is 4.99 Å². The van der Waals surface area contributed by atoms with Crippen LogP contribution in [0.3, 0.4) is 0 Å². The number of methoxy groups -OCH3 is 1. The van der Waals surface area contributed by atoms with E-state index < -0.39 is 12.0 Å². The van der Waals surface area contributed by atoms with Crippen molar-refractivity contribution in [3.63, 3.8) is 0 Å². The molecule has 0 aliphatic carbocycles. The minimum atomic E-state index is -0.603. The molecular weight excluding hydrogens is 516 g/mol. The average Bonchev–Trinajstić information content (AvgIpc) is 3.38. The number of benzene rings is 1. The molecule has 7 nitrogen and oxygen atoms in total. The Kier molecular flexibility index (Phi) is 6.36. The number of rotatable bonds is 5. The highest BCUT2D eigenvalue weighted by Gasteiger charge is 2.33. The third-order valence-corrected chi connectivity index (χ3v) is 7.41. The summed E-state index contributed by atoms with van der Waals surface area (Å²) < 4.78 is 12.9. The average molecular weight is 535 g/mol. The van der Waals surface area contributed by atoms with Gasteiger partial charge in [-0.1, -0.05) is 17.4 Å². The predicted molar refractivity (Wildman–Crippen MR) is 127 cm³/mol. The zero-order chi connectivity index (χ0) is 23.0. The van der Waals surface area contributed by atoms with Crippen molar-refractivity contribution in [2.75, 3.05) is 13.7 Å². The normalized spacial score (nSPS) is 16.0. The Labute approximate surface area is 199 Å². The lowest BCUT2D eigenvalue weighted by atomic mass is 10.0. The highest BCUT2D eigenvalue weighted by atomic mass is 79.9. The Balaban J connectivity index is 1.93. The molecule has 0 saturated heterocycles. The van der Waals surface area contributed by atoms with Gasteiger partial charge in [-0.3, -0.25) is 9.36 Å². The summed E-state index contributed by atoms with van der Waals surface area (Å²) in [6, 6.07) is 6.51. The van der Waals surface area contributed by atoms with Crippen LogP contribution in [0.5, 0.6) is 11.5 Å². The minimum Gasteiger partial charge on any atom is -0.503 e. The molecule has 0 bridgehead atoms. The SMILES string of the molecule is CCOC(=O)C1=C(C)N=c2sc(=Cc3cc(Br)c(O)c(OC)c3)c(=O)n2[C@@H]1c1cccs1. The van der Waals surface area contributed by atoms with Gasteiger partial charge in [0.1, 0.15) is 6.04 Å². The van der Waals surface area contributed by atoms with Gasteiger partial charge in [-0.05, 0) is 65.0 Å². The van der Waals surface area contributed by atoms with Crippen LogP contribution in [0, 0.1) is 0 Å². The molecular formula is C22H19BrN2O5S2. The second kappa shape index (κ2) is 9.05. The quantitative estimate of drug-likeness (QED) is 0.507. The van der Waals surface area contributed by atoms with E-state index in [0.717, 1.165) is 4.88 Å². The van der Waals surface area contributed by atoms with Gasteiger partial charge in [-0.15, -0.1) is 11.3 Å². The van der Waals surface area contributed by atoms with Crippen LogP contribution in [0.1, 0.15) is 30.3 Å². The molecule has 0 spiro atoms. The van der Waals surface area contributed by atoms with Gasteiger partial charge < -0.3 is 14.6 Å². The van der Waals surface area contributed by atoms with Gasteiger partial charge in [-0.2, -0.15) is 0 Å². The highest BCUT2D eigenvalue weighted by Crippen LogP contribution is 2.36. The van der Waals surface area contributed by atoms with E-state index in [-0.39, 0.29) is 23.7 Å². The molecule has 0 unspecified atom stereocenters. The zero-order valence-corrected chi connectivity index (χ0v) is 20.6. The van der Waals surface area contributed by atoms with Crippen molar-refractivity contribution < 1.29 is 19.4 Å². The third-order valence-electron chi connectivity index (χ3n) is 4.90. The van der Waals surface area contributed by atoms with E-state index in [1.165, 1.54) is 29.8 Å². The summed E-state index contributed by atoms with van der Waals surface area (Å²) in [5.41, 5.74) is 1.31. The van der Waals surface area contributed by atoms with Crippen LogP contribution < -0.4 is 19.6 Å². The highest BCUT2D eigenvalue weighted by molar-refractivity contribution is 9.10. The van der Waals surface area contributed by atoms with Crippen LogP contribution in [0.4, 0.5) is 0 Å². The lowest BCUT2D eigenvalue weighted by Gasteiger charge is -2.23. The molecule has 3 aromatic rings. The van der Waals surface area contributed by atoms with Crippen LogP contribution in [0.2, 0.25) is 0 Å². The number of thiophene rings is 1. The molecule has 1 N–H and O–H groups in total. The first-order valence-corrected chi connectivity index (χ1v) is 12.1. The smallest absolute Gasteiger partial charge is 0.338 e. The Morgan fingerprint density at radius 3 is 2.84 bits per heavy atom. The van der Waals surface area contributed by atoms with Crippen molar-refractivity contribution in [2.45, 2.75) is 19.9 Å². The summed E-state index contributed by atoms with van der Waals surface area (Å²) in [5.74, 6) is -0.206. The maximum Gasteiger partial charge on any atom is 0.338 e. The number of phenols is 1. The second-order valence-electron chi connectivity index (χ2n) is 6.87. The fraction of sp³-hybridized carbons (Fsp3) is 0.227. The number of nitrogens with zero attached hydrogens (tertiary/aromatic N) is 2. The summed E-state index contributed by atoms with van der Waals surface area (Å²) in [7, 11) is 1.46. The summed E-state index contributed by atoms with van der Waals surface area (Å²) in [4.78, 5) is 32.2. The third kappa shape index (κ3) is 3.94. The van der Waals surface area contributed by atoms with Crippen molar-refractivity contribution in [3.05, 3.63) is 75.5 Å². The Morgan fingerprint density at radius 2 is 2.19 bits per heavy atom. The van der Waals surface area contributed by atoms with E-state index >= 15 is 0 Å². The van der Waals surface area contributed by atoms with Crippen molar-refractivity contribution in [3.8, 4) is 11.5 Å². The molecule has 0 amide bonds. The molecule has 166 valence electrons. The van der Waals surface area contributed by atoms with Crippen LogP contribution in [-0.2, 0) is 9.53 Å². The monoisotopic (exact) mass is 534 g/mol. The number of esters is 1. The molecule has 3 heterocycles. The van der Waals surface area contributed by atoms with Crippen molar-refractivity contribution >= 4 is 50.6 Å². The molecule has 4 rings (SSSR count). The standard InChI is InChI=1S/C22H19BrN2O5S2/c1-4-30-21(28)17-11(2)24-22-25(18(17)15-6-5-7-31-15)20(27)16(32-22)10-12-8-13(23)19(26)14(9-12)29-3/h5-10,18,26H,4H2,1-3H3/t18-/m1/s1. The Bertz CT molecular complexity index is 1400. The van der Waals surface area contributed by atoms with E-state index in [4.69, 9.17) is 9.47 Å². The van der Waals surface area contributed by atoms with E-state index in [1.54, 1.807) is 36.6 Å². The number of aromatic hydroxyl groups is 1. The van der Waals surface area contributed by atoms with Crippen molar-refractivity contribution in [1.82, 2.24) is 4.57 Å². The molecule has 1 atom stereocenters. The van der Waals surface area contributed by atoms with Crippen LogP contribution in [-0.4, -0.2) is 29.4 Å². The fourth-order valence-electron chi connectivity index (χ4n) is 3.49. The molecule has 1 aromatic carbocycles. The first-order chi connectivity index (χ1) is 15.3. The maximum absolute atomic E-state index is 13.5. The van der Waals surface area contributed by atoms with Gasteiger partial charge in [0.05, 0.1) is 34.0 Å². The molecule has 2 aromatic heterocycles. The summed E-state index contributed by atoms with van der Waals surface area (Å²) in [6.07, 6.45) is 1.71. The summed E-state index contributed by atoms with van der Waals surface area (Å²) in [6.45, 7) is 3.73. The maximum atomic E-state index is 13.5. The Hall–Kier alpha value is -2.69. The largest absolute Gasteiger partial charge is 0.503 e. The number of fused-ring (bicyclic) bond motifs is 1. The van der Waals surface area contributed by atoms with Gasteiger partial charge in [0.25, 0.3) is 5.56 Å². The number of halogens is 1. The van der Waals surface area contributed by atoms with E-state index in [9.17, 15) is 14.7 Å². The first kappa shape index (κ1) is 22.5.